The van der Waals surface area contributed by atoms with Gasteiger partial charge < -0.3 is 5.32 Å². The number of rotatable bonds is 2. The first-order chi connectivity index (χ1) is 7.05. The van der Waals surface area contributed by atoms with Crippen molar-refractivity contribution in [2.45, 2.75) is 70.5 Å². The first kappa shape index (κ1) is 11.4. The van der Waals surface area contributed by atoms with E-state index in [1.54, 1.807) is 0 Å². The molecule has 0 aromatic rings. The molecule has 2 rings (SSSR count). The summed E-state index contributed by atoms with van der Waals surface area (Å²) in [5, 5.41) is 3.84. The Kier molecular flexibility index (Phi) is 3.36. The van der Waals surface area contributed by atoms with Crippen LogP contribution in [-0.4, -0.2) is 35.6 Å². The molecule has 0 aromatic heterocycles. The fourth-order valence-corrected chi connectivity index (χ4v) is 2.93. The van der Waals surface area contributed by atoms with Gasteiger partial charge in [-0.2, -0.15) is 0 Å². The van der Waals surface area contributed by atoms with Gasteiger partial charge in [0, 0.05) is 30.7 Å². The Morgan fingerprint density at radius 1 is 1.00 bits per heavy atom. The molecule has 2 fully saturated rings. The van der Waals surface area contributed by atoms with E-state index in [-0.39, 0.29) is 0 Å². The van der Waals surface area contributed by atoms with Gasteiger partial charge in [-0.15, -0.1) is 0 Å². The number of hydrogen-bond acceptors (Lipinski definition) is 2. The predicted octanol–water partition coefficient (Wildman–Crippen LogP) is 2.39. The topological polar surface area (TPSA) is 15.3 Å². The lowest BCUT2D eigenvalue weighted by Gasteiger charge is -2.32. The Morgan fingerprint density at radius 3 is 2.20 bits per heavy atom. The summed E-state index contributed by atoms with van der Waals surface area (Å²) in [5.41, 5.74) is 0.353. The van der Waals surface area contributed by atoms with Crippen LogP contribution in [0.4, 0.5) is 0 Å². The zero-order chi connectivity index (χ0) is 10.9. The third kappa shape index (κ3) is 2.94. The van der Waals surface area contributed by atoms with Crippen LogP contribution < -0.4 is 5.32 Å². The highest BCUT2D eigenvalue weighted by Crippen LogP contribution is 2.23. The van der Waals surface area contributed by atoms with Crippen molar-refractivity contribution in [1.82, 2.24) is 10.2 Å². The van der Waals surface area contributed by atoms with Crippen molar-refractivity contribution in [3.05, 3.63) is 0 Å². The maximum atomic E-state index is 3.84. The van der Waals surface area contributed by atoms with Gasteiger partial charge in [-0.05, 0) is 40.0 Å². The molecule has 1 saturated carbocycles. The van der Waals surface area contributed by atoms with Crippen LogP contribution in [0, 0.1) is 0 Å². The smallest absolute Gasteiger partial charge is 0.0209 e. The van der Waals surface area contributed by atoms with Crippen LogP contribution in [0.3, 0.4) is 0 Å². The second-order valence-corrected chi connectivity index (χ2v) is 6.25. The van der Waals surface area contributed by atoms with Crippen LogP contribution in [0.5, 0.6) is 0 Å². The van der Waals surface area contributed by atoms with Gasteiger partial charge in [0.2, 0.25) is 0 Å². The molecule has 88 valence electrons. The summed E-state index contributed by atoms with van der Waals surface area (Å²) in [7, 11) is 0. The molecule has 1 N–H and O–H groups in total. The minimum absolute atomic E-state index is 0.353. The van der Waals surface area contributed by atoms with E-state index in [1.165, 1.54) is 45.2 Å². The predicted molar refractivity (Wildman–Crippen MR) is 65.1 cm³/mol. The molecule has 0 radical (unpaired) electrons. The fraction of sp³-hybridized carbons (Fsp3) is 1.00. The van der Waals surface area contributed by atoms with Crippen LogP contribution in [0.1, 0.15) is 52.9 Å². The van der Waals surface area contributed by atoms with E-state index in [2.05, 4.69) is 31.0 Å². The van der Waals surface area contributed by atoms with Crippen molar-refractivity contribution in [3.63, 3.8) is 0 Å². The van der Waals surface area contributed by atoms with Crippen molar-refractivity contribution in [3.8, 4) is 0 Å². The normalized spacial score (nSPS) is 30.2. The Labute approximate surface area is 94.4 Å². The van der Waals surface area contributed by atoms with Gasteiger partial charge >= 0.3 is 0 Å². The van der Waals surface area contributed by atoms with E-state index in [0.717, 1.165) is 12.1 Å². The summed E-state index contributed by atoms with van der Waals surface area (Å²) in [4.78, 5) is 2.61. The molecule has 0 bridgehead atoms. The van der Waals surface area contributed by atoms with Gasteiger partial charge in [0.15, 0.2) is 0 Å². The minimum atomic E-state index is 0.353. The quantitative estimate of drug-likeness (QED) is 0.753. The second-order valence-electron chi connectivity index (χ2n) is 6.25. The molecule has 0 aromatic carbocycles. The molecule has 15 heavy (non-hydrogen) atoms. The van der Waals surface area contributed by atoms with Crippen LogP contribution >= 0.6 is 0 Å². The van der Waals surface area contributed by atoms with Crippen molar-refractivity contribution in [2.75, 3.05) is 13.1 Å². The van der Waals surface area contributed by atoms with E-state index >= 15 is 0 Å². The molecule has 2 aliphatic rings. The van der Waals surface area contributed by atoms with Gasteiger partial charge in [-0.3, -0.25) is 4.90 Å². The Balaban J connectivity index is 1.77. The SMILES string of the molecule is CC(C)(C)N1CCC(NC2CCCC2)C1. The minimum Gasteiger partial charge on any atom is -0.310 e. The number of nitrogens with zero attached hydrogens (tertiary/aromatic N) is 1. The molecular weight excluding hydrogens is 184 g/mol. The van der Waals surface area contributed by atoms with Gasteiger partial charge in [0.25, 0.3) is 0 Å². The lowest BCUT2D eigenvalue weighted by molar-refractivity contribution is 0.169. The molecule has 1 aliphatic heterocycles. The average molecular weight is 210 g/mol. The molecule has 1 heterocycles. The number of likely N-dealkylation sites (tertiary alicyclic amines) is 1. The molecular formula is C13H26N2. The first-order valence-electron chi connectivity index (χ1n) is 6.57. The van der Waals surface area contributed by atoms with Gasteiger partial charge in [0.1, 0.15) is 0 Å². The summed E-state index contributed by atoms with van der Waals surface area (Å²) < 4.78 is 0. The molecule has 1 atom stereocenters. The second kappa shape index (κ2) is 4.42. The Bertz CT molecular complexity index is 201. The van der Waals surface area contributed by atoms with E-state index in [0.29, 0.717) is 5.54 Å². The van der Waals surface area contributed by atoms with Gasteiger partial charge in [-0.1, -0.05) is 12.8 Å². The monoisotopic (exact) mass is 210 g/mol. The van der Waals surface area contributed by atoms with Gasteiger partial charge in [-0.25, -0.2) is 0 Å². The third-order valence-electron chi connectivity index (χ3n) is 3.96. The molecule has 1 unspecified atom stereocenters. The fourth-order valence-electron chi connectivity index (χ4n) is 2.93. The molecule has 1 aliphatic carbocycles. The highest BCUT2D eigenvalue weighted by molar-refractivity contribution is 4.90. The van der Waals surface area contributed by atoms with Crippen molar-refractivity contribution < 1.29 is 0 Å². The molecule has 1 saturated heterocycles. The lowest BCUT2D eigenvalue weighted by atomic mass is 10.1. The number of nitrogens with one attached hydrogen (secondary N) is 1. The molecule has 0 amide bonds. The van der Waals surface area contributed by atoms with Crippen LogP contribution in [0.25, 0.3) is 0 Å². The summed E-state index contributed by atoms with van der Waals surface area (Å²) in [6.07, 6.45) is 7.03. The summed E-state index contributed by atoms with van der Waals surface area (Å²) in [6, 6.07) is 1.59. The number of hydrogen-bond donors (Lipinski definition) is 1. The van der Waals surface area contributed by atoms with Crippen molar-refractivity contribution in [1.29, 1.82) is 0 Å². The summed E-state index contributed by atoms with van der Waals surface area (Å²) in [6.45, 7) is 9.49. The highest BCUT2D eigenvalue weighted by Gasteiger charge is 2.31. The highest BCUT2D eigenvalue weighted by atomic mass is 15.2. The van der Waals surface area contributed by atoms with Crippen LogP contribution in [0.2, 0.25) is 0 Å². The third-order valence-corrected chi connectivity index (χ3v) is 3.96. The average Bonchev–Trinajstić information content (AvgIpc) is 2.73. The zero-order valence-corrected chi connectivity index (χ0v) is 10.6. The van der Waals surface area contributed by atoms with E-state index < -0.39 is 0 Å². The summed E-state index contributed by atoms with van der Waals surface area (Å²) in [5.74, 6) is 0. The maximum Gasteiger partial charge on any atom is 0.0209 e. The largest absolute Gasteiger partial charge is 0.310 e. The molecule has 2 heteroatoms. The van der Waals surface area contributed by atoms with E-state index in [4.69, 9.17) is 0 Å². The summed E-state index contributed by atoms with van der Waals surface area (Å²) >= 11 is 0. The van der Waals surface area contributed by atoms with Crippen molar-refractivity contribution >= 4 is 0 Å². The molecule has 0 spiro atoms. The first-order valence-corrected chi connectivity index (χ1v) is 6.57. The standard InChI is InChI=1S/C13H26N2/c1-13(2,3)15-9-8-12(10-15)14-11-6-4-5-7-11/h11-12,14H,4-10H2,1-3H3. The van der Waals surface area contributed by atoms with Crippen LogP contribution in [-0.2, 0) is 0 Å². The van der Waals surface area contributed by atoms with Crippen molar-refractivity contribution in [2.24, 2.45) is 0 Å². The molecule has 2 nitrogen and oxygen atoms in total. The Hall–Kier alpha value is -0.0800. The van der Waals surface area contributed by atoms with E-state index in [9.17, 15) is 0 Å². The maximum absolute atomic E-state index is 3.84. The van der Waals surface area contributed by atoms with Gasteiger partial charge in [0.05, 0.1) is 0 Å². The van der Waals surface area contributed by atoms with Crippen LogP contribution in [0.15, 0.2) is 0 Å². The Morgan fingerprint density at radius 2 is 1.67 bits per heavy atom. The lowest BCUT2D eigenvalue weighted by Crippen LogP contribution is -2.43. The zero-order valence-electron chi connectivity index (χ0n) is 10.6. The van der Waals surface area contributed by atoms with E-state index in [1.807, 2.05) is 0 Å².